The lowest BCUT2D eigenvalue weighted by Crippen LogP contribution is -2.60. The van der Waals surface area contributed by atoms with Crippen LogP contribution in [0.4, 0.5) is 4.79 Å². The van der Waals surface area contributed by atoms with Crippen LogP contribution in [-0.4, -0.2) is 54.2 Å². The highest BCUT2D eigenvalue weighted by atomic mass is 16.5. The first-order chi connectivity index (χ1) is 16.7. The van der Waals surface area contributed by atoms with Crippen molar-refractivity contribution in [2.24, 2.45) is 17.3 Å². The topological polar surface area (TPSA) is 95.9 Å². The van der Waals surface area contributed by atoms with Gasteiger partial charge in [-0.2, -0.15) is 0 Å². The Kier molecular flexibility index (Phi) is 7.15. The quantitative estimate of drug-likeness (QED) is 0.553. The van der Waals surface area contributed by atoms with Gasteiger partial charge in [0.1, 0.15) is 6.61 Å². The maximum atomic E-state index is 12.7. The van der Waals surface area contributed by atoms with Gasteiger partial charge in [-0.15, -0.1) is 0 Å². The molecule has 1 saturated heterocycles. The molecule has 0 spiro atoms. The van der Waals surface area contributed by atoms with Crippen molar-refractivity contribution in [1.82, 2.24) is 10.2 Å². The number of fused-ring (bicyclic) bond motifs is 3. The zero-order valence-corrected chi connectivity index (χ0v) is 20.6. The second-order valence-corrected chi connectivity index (χ2v) is 10.5. The Bertz CT molecular complexity index is 1060. The Labute approximate surface area is 206 Å². The number of ether oxygens (including phenoxy) is 1. The van der Waals surface area contributed by atoms with Crippen molar-refractivity contribution in [3.8, 4) is 11.1 Å². The Morgan fingerprint density at radius 3 is 2.17 bits per heavy atom. The standard InChI is InChI=1S/C28H34N2O5/c1-18(2)12-19(13-25(31)30-16-28(3,17-30)26(32)33)14-29-27(34)35-15-24-22-10-6-4-8-20(22)21-9-5-7-11-23(21)24/h4-11,18-19,24H,12-17H2,1-3H3,(H,29,34)(H,32,33)/t19-/m0/s1. The van der Waals surface area contributed by atoms with Crippen molar-refractivity contribution in [2.45, 2.75) is 39.5 Å². The second-order valence-electron chi connectivity index (χ2n) is 10.5. The third kappa shape index (κ3) is 5.34. The molecule has 1 fully saturated rings. The van der Waals surface area contributed by atoms with Crippen molar-refractivity contribution < 1.29 is 24.2 Å². The predicted molar refractivity (Wildman–Crippen MR) is 133 cm³/mol. The number of carboxylic acids is 1. The second kappa shape index (κ2) is 10.1. The molecule has 2 aliphatic rings. The van der Waals surface area contributed by atoms with Crippen LogP contribution in [0.15, 0.2) is 48.5 Å². The molecule has 7 heteroatoms. The molecule has 0 radical (unpaired) electrons. The summed E-state index contributed by atoms with van der Waals surface area (Å²) >= 11 is 0. The summed E-state index contributed by atoms with van der Waals surface area (Å²) in [4.78, 5) is 38.2. The van der Waals surface area contributed by atoms with E-state index in [0.717, 1.165) is 17.5 Å². The van der Waals surface area contributed by atoms with E-state index in [1.54, 1.807) is 11.8 Å². The van der Waals surface area contributed by atoms with Gasteiger partial charge in [-0.3, -0.25) is 9.59 Å². The lowest BCUT2D eigenvalue weighted by molar-refractivity contribution is -0.164. The first-order valence-electron chi connectivity index (χ1n) is 12.3. The van der Waals surface area contributed by atoms with E-state index in [9.17, 15) is 19.5 Å². The number of nitrogens with one attached hydrogen (secondary N) is 1. The molecule has 0 saturated carbocycles. The highest BCUT2D eigenvalue weighted by molar-refractivity contribution is 5.83. The van der Waals surface area contributed by atoms with Gasteiger partial charge in [-0.05, 0) is 47.4 Å². The molecule has 0 bridgehead atoms. The van der Waals surface area contributed by atoms with Crippen molar-refractivity contribution in [3.63, 3.8) is 0 Å². The summed E-state index contributed by atoms with van der Waals surface area (Å²) in [6.07, 6.45) is 0.562. The van der Waals surface area contributed by atoms with Gasteiger partial charge in [0.05, 0.1) is 5.41 Å². The Morgan fingerprint density at radius 2 is 1.63 bits per heavy atom. The number of likely N-dealkylation sites (tertiary alicyclic amines) is 1. The number of aliphatic carboxylic acids is 1. The molecule has 1 aliphatic carbocycles. The van der Waals surface area contributed by atoms with E-state index in [1.165, 1.54) is 11.1 Å². The minimum absolute atomic E-state index is 0.00356. The van der Waals surface area contributed by atoms with Gasteiger partial charge in [-0.1, -0.05) is 62.4 Å². The lowest BCUT2D eigenvalue weighted by Gasteiger charge is -2.45. The smallest absolute Gasteiger partial charge is 0.407 e. The molecule has 0 unspecified atom stereocenters. The van der Waals surface area contributed by atoms with Crippen LogP contribution < -0.4 is 5.32 Å². The van der Waals surface area contributed by atoms with Crippen LogP contribution >= 0.6 is 0 Å². The number of carbonyl (C=O) groups excluding carboxylic acids is 2. The molecule has 1 aliphatic heterocycles. The summed E-state index contributed by atoms with van der Waals surface area (Å²) < 4.78 is 5.62. The third-order valence-corrected chi connectivity index (χ3v) is 7.10. The van der Waals surface area contributed by atoms with Crippen molar-refractivity contribution in [1.29, 1.82) is 0 Å². The summed E-state index contributed by atoms with van der Waals surface area (Å²) in [5.41, 5.74) is 3.82. The van der Waals surface area contributed by atoms with Crippen molar-refractivity contribution >= 4 is 18.0 Å². The fourth-order valence-corrected chi connectivity index (χ4v) is 5.27. The molecular formula is C28H34N2O5. The summed E-state index contributed by atoms with van der Waals surface area (Å²) in [7, 11) is 0. The zero-order chi connectivity index (χ0) is 25.2. The monoisotopic (exact) mass is 478 g/mol. The number of alkyl carbamates (subject to hydrolysis) is 1. The highest BCUT2D eigenvalue weighted by Crippen LogP contribution is 2.44. The van der Waals surface area contributed by atoms with Crippen LogP contribution in [0.2, 0.25) is 0 Å². The van der Waals surface area contributed by atoms with Gasteiger partial charge in [-0.25, -0.2) is 4.79 Å². The van der Waals surface area contributed by atoms with Crippen LogP contribution in [0.25, 0.3) is 11.1 Å². The van der Waals surface area contributed by atoms with E-state index in [0.29, 0.717) is 12.5 Å². The van der Waals surface area contributed by atoms with Gasteiger partial charge >= 0.3 is 12.1 Å². The number of hydrogen-bond donors (Lipinski definition) is 2. The maximum Gasteiger partial charge on any atom is 0.407 e. The molecule has 4 rings (SSSR count). The summed E-state index contributed by atoms with van der Waals surface area (Å²) in [6, 6.07) is 16.4. The Balaban J connectivity index is 1.30. The van der Waals surface area contributed by atoms with Gasteiger partial charge in [0.25, 0.3) is 0 Å². The third-order valence-electron chi connectivity index (χ3n) is 7.10. The van der Waals surface area contributed by atoms with Crippen LogP contribution in [0.5, 0.6) is 0 Å². The highest BCUT2D eigenvalue weighted by Gasteiger charge is 2.47. The average Bonchev–Trinajstić information content (AvgIpc) is 3.12. The molecule has 186 valence electrons. The normalized spacial score (nSPS) is 16.7. The molecule has 35 heavy (non-hydrogen) atoms. The zero-order valence-electron chi connectivity index (χ0n) is 20.6. The molecular weight excluding hydrogens is 444 g/mol. The SMILES string of the molecule is CC(C)C[C@H](CNC(=O)OCC1c2ccccc2-c2ccccc21)CC(=O)N1CC(C)(C(=O)O)C1. The van der Waals surface area contributed by atoms with Gasteiger partial charge < -0.3 is 20.1 Å². The average molecular weight is 479 g/mol. The minimum atomic E-state index is -0.878. The number of hydrogen-bond acceptors (Lipinski definition) is 4. The predicted octanol–water partition coefficient (Wildman–Crippen LogP) is 4.51. The molecule has 2 amide bonds. The van der Waals surface area contributed by atoms with Gasteiger partial charge in [0.2, 0.25) is 5.91 Å². The fraction of sp³-hybridized carbons (Fsp3) is 0.464. The molecule has 1 heterocycles. The molecule has 2 aromatic rings. The molecule has 2 aromatic carbocycles. The van der Waals surface area contributed by atoms with Crippen molar-refractivity contribution in [2.75, 3.05) is 26.2 Å². The molecule has 7 nitrogen and oxygen atoms in total. The van der Waals surface area contributed by atoms with E-state index in [4.69, 9.17) is 4.74 Å². The first-order valence-corrected chi connectivity index (χ1v) is 12.3. The number of nitrogens with zero attached hydrogens (tertiary/aromatic N) is 1. The van der Waals surface area contributed by atoms with E-state index in [2.05, 4.69) is 43.4 Å². The van der Waals surface area contributed by atoms with Crippen LogP contribution in [0, 0.1) is 17.3 Å². The number of benzene rings is 2. The summed E-state index contributed by atoms with van der Waals surface area (Å²) in [6.45, 7) is 6.86. The van der Waals surface area contributed by atoms with Crippen LogP contribution in [-0.2, 0) is 14.3 Å². The van der Waals surface area contributed by atoms with Crippen LogP contribution in [0.3, 0.4) is 0 Å². The molecule has 1 atom stereocenters. The van der Waals surface area contributed by atoms with E-state index in [-0.39, 0.29) is 43.9 Å². The number of amides is 2. The molecule has 2 N–H and O–H groups in total. The number of carbonyl (C=O) groups is 3. The molecule has 0 aromatic heterocycles. The summed E-state index contributed by atoms with van der Waals surface area (Å²) in [5.74, 6) is -0.630. The first kappa shape index (κ1) is 24.8. The number of carboxylic acid groups (broad SMARTS) is 1. The van der Waals surface area contributed by atoms with Crippen molar-refractivity contribution in [3.05, 3.63) is 59.7 Å². The van der Waals surface area contributed by atoms with Gasteiger partial charge in [0.15, 0.2) is 0 Å². The summed E-state index contributed by atoms with van der Waals surface area (Å²) in [5, 5.41) is 12.1. The van der Waals surface area contributed by atoms with E-state index >= 15 is 0 Å². The van der Waals surface area contributed by atoms with Gasteiger partial charge in [0, 0.05) is 32.0 Å². The largest absolute Gasteiger partial charge is 0.481 e. The van der Waals surface area contributed by atoms with Crippen LogP contribution in [0.1, 0.15) is 50.7 Å². The number of rotatable bonds is 9. The fourth-order valence-electron chi connectivity index (χ4n) is 5.27. The Morgan fingerprint density at radius 1 is 1.06 bits per heavy atom. The maximum absolute atomic E-state index is 12.7. The Hall–Kier alpha value is -3.35. The minimum Gasteiger partial charge on any atom is -0.481 e. The van der Waals surface area contributed by atoms with E-state index in [1.807, 2.05) is 24.3 Å². The van der Waals surface area contributed by atoms with E-state index < -0.39 is 17.5 Å². The lowest BCUT2D eigenvalue weighted by atomic mass is 9.81.